The van der Waals surface area contributed by atoms with Gasteiger partial charge in [-0.1, -0.05) is 6.92 Å². The highest BCUT2D eigenvalue weighted by Crippen LogP contribution is 2.38. The maximum atomic E-state index is 5.96. The Bertz CT molecular complexity index is 420. The van der Waals surface area contributed by atoms with Crippen molar-refractivity contribution in [3.63, 3.8) is 0 Å². The maximum Gasteiger partial charge on any atom is 0.131 e. The van der Waals surface area contributed by atoms with Crippen LogP contribution in [0.2, 0.25) is 0 Å². The number of anilines is 1. The first kappa shape index (κ1) is 11.9. The molecule has 0 bridgehead atoms. The molecule has 1 saturated carbocycles. The molecule has 1 aliphatic carbocycles. The molecule has 0 spiro atoms. The van der Waals surface area contributed by atoms with Crippen molar-refractivity contribution in [2.45, 2.75) is 51.0 Å². The van der Waals surface area contributed by atoms with Crippen LogP contribution in [0.4, 0.5) is 5.69 Å². The van der Waals surface area contributed by atoms with Crippen LogP contribution >= 0.6 is 0 Å². The van der Waals surface area contributed by atoms with Crippen molar-refractivity contribution in [1.82, 2.24) is 9.97 Å². The van der Waals surface area contributed by atoms with Gasteiger partial charge in [0.15, 0.2) is 0 Å². The lowest BCUT2D eigenvalue weighted by atomic mass is 10.1. The first-order valence-electron chi connectivity index (χ1n) is 7.14. The Balaban J connectivity index is 1.82. The molecule has 1 aliphatic heterocycles. The lowest BCUT2D eigenvalue weighted by Gasteiger charge is -2.32. The molecule has 2 N–H and O–H groups in total. The number of rotatable bonds is 3. The van der Waals surface area contributed by atoms with E-state index in [-0.39, 0.29) is 0 Å². The van der Waals surface area contributed by atoms with Crippen LogP contribution in [-0.4, -0.2) is 29.1 Å². The van der Waals surface area contributed by atoms with Crippen molar-refractivity contribution >= 4 is 5.69 Å². The second-order valence-electron chi connectivity index (χ2n) is 5.51. The third-order valence-electron chi connectivity index (χ3n) is 4.02. The minimum absolute atomic E-state index is 0.373. The van der Waals surface area contributed by atoms with Gasteiger partial charge in [0.2, 0.25) is 0 Å². The van der Waals surface area contributed by atoms with Crippen molar-refractivity contribution < 1.29 is 0 Å². The summed E-state index contributed by atoms with van der Waals surface area (Å²) in [6.07, 6.45) is 7.71. The molecular formula is C14H22N4. The molecule has 4 nitrogen and oxygen atoms in total. The van der Waals surface area contributed by atoms with Gasteiger partial charge in [-0.05, 0) is 32.1 Å². The van der Waals surface area contributed by atoms with Gasteiger partial charge in [0.25, 0.3) is 0 Å². The molecule has 18 heavy (non-hydrogen) atoms. The van der Waals surface area contributed by atoms with E-state index in [9.17, 15) is 0 Å². The molecule has 1 aromatic heterocycles. The van der Waals surface area contributed by atoms with Gasteiger partial charge in [-0.25, -0.2) is 9.97 Å². The SMILES string of the molecule is CCc1nc(C2CC2)ncc1N1CCC(N)CC1. The van der Waals surface area contributed by atoms with E-state index >= 15 is 0 Å². The highest BCUT2D eigenvalue weighted by atomic mass is 15.2. The van der Waals surface area contributed by atoms with Crippen molar-refractivity contribution in [2.24, 2.45) is 5.73 Å². The highest BCUT2D eigenvalue weighted by molar-refractivity contribution is 5.49. The van der Waals surface area contributed by atoms with Crippen molar-refractivity contribution in [2.75, 3.05) is 18.0 Å². The molecule has 2 fully saturated rings. The standard InChI is InChI=1S/C14H22N4/c1-2-12-13(18-7-5-11(15)6-8-18)9-16-14(17-12)10-3-4-10/h9-11H,2-8,15H2,1H3. The Labute approximate surface area is 109 Å². The van der Waals surface area contributed by atoms with Crippen LogP contribution in [0.1, 0.15) is 50.0 Å². The van der Waals surface area contributed by atoms with Crippen LogP contribution in [0.25, 0.3) is 0 Å². The molecular weight excluding hydrogens is 224 g/mol. The van der Waals surface area contributed by atoms with Gasteiger partial charge >= 0.3 is 0 Å². The summed E-state index contributed by atoms with van der Waals surface area (Å²) in [5.74, 6) is 1.70. The number of aryl methyl sites for hydroxylation is 1. The number of aromatic nitrogens is 2. The number of piperidine rings is 1. The average Bonchev–Trinajstić information content (AvgIpc) is 3.23. The molecule has 2 heterocycles. The molecule has 2 aliphatic rings. The number of hydrogen-bond acceptors (Lipinski definition) is 4. The van der Waals surface area contributed by atoms with E-state index in [0.717, 1.165) is 38.2 Å². The molecule has 3 rings (SSSR count). The number of nitrogens with zero attached hydrogens (tertiary/aromatic N) is 3. The second-order valence-corrected chi connectivity index (χ2v) is 5.51. The van der Waals surface area contributed by atoms with E-state index in [1.54, 1.807) is 0 Å². The summed E-state index contributed by atoms with van der Waals surface area (Å²) in [6, 6.07) is 0.373. The fraction of sp³-hybridized carbons (Fsp3) is 0.714. The lowest BCUT2D eigenvalue weighted by Crippen LogP contribution is -2.40. The Morgan fingerprint density at radius 1 is 1.28 bits per heavy atom. The maximum absolute atomic E-state index is 5.96. The summed E-state index contributed by atoms with van der Waals surface area (Å²) in [5, 5.41) is 0. The third-order valence-corrected chi connectivity index (χ3v) is 4.02. The molecule has 0 atom stereocenters. The Kier molecular flexibility index (Phi) is 3.20. The molecule has 0 radical (unpaired) electrons. The summed E-state index contributed by atoms with van der Waals surface area (Å²) >= 11 is 0. The molecule has 98 valence electrons. The monoisotopic (exact) mass is 246 g/mol. The van der Waals surface area contributed by atoms with Gasteiger partial charge in [0.05, 0.1) is 17.6 Å². The minimum atomic E-state index is 0.373. The molecule has 0 unspecified atom stereocenters. The van der Waals surface area contributed by atoms with Crippen molar-refractivity contribution in [3.8, 4) is 0 Å². The quantitative estimate of drug-likeness (QED) is 0.884. The smallest absolute Gasteiger partial charge is 0.131 e. The van der Waals surface area contributed by atoms with Crippen molar-refractivity contribution in [3.05, 3.63) is 17.7 Å². The van der Waals surface area contributed by atoms with Crippen LogP contribution in [0.15, 0.2) is 6.20 Å². The topological polar surface area (TPSA) is 55.0 Å². The van der Waals surface area contributed by atoms with Crippen LogP contribution in [0.5, 0.6) is 0 Å². The van der Waals surface area contributed by atoms with Gasteiger partial charge in [-0.3, -0.25) is 0 Å². The molecule has 0 aromatic carbocycles. The zero-order chi connectivity index (χ0) is 12.5. The molecule has 1 saturated heterocycles. The van der Waals surface area contributed by atoms with Crippen LogP contribution < -0.4 is 10.6 Å². The van der Waals surface area contributed by atoms with E-state index in [1.165, 1.54) is 24.2 Å². The molecule has 0 amide bonds. The first-order valence-corrected chi connectivity index (χ1v) is 7.14. The van der Waals surface area contributed by atoms with Gasteiger partial charge in [0, 0.05) is 25.0 Å². The van der Waals surface area contributed by atoms with E-state index in [0.29, 0.717) is 12.0 Å². The number of hydrogen-bond donors (Lipinski definition) is 1. The molecule has 1 aromatic rings. The Morgan fingerprint density at radius 3 is 2.61 bits per heavy atom. The summed E-state index contributed by atoms with van der Waals surface area (Å²) in [5.41, 5.74) is 8.40. The average molecular weight is 246 g/mol. The lowest BCUT2D eigenvalue weighted by molar-refractivity contribution is 0.499. The van der Waals surface area contributed by atoms with Gasteiger partial charge in [0.1, 0.15) is 5.82 Å². The van der Waals surface area contributed by atoms with E-state index in [4.69, 9.17) is 10.7 Å². The van der Waals surface area contributed by atoms with Gasteiger partial charge in [-0.2, -0.15) is 0 Å². The highest BCUT2D eigenvalue weighted by Gasteiger charge is 2.28. The predicted molar refractivity (Wildman–Crippen MR) is 72.8 cm³/mol. The fourth-order valence-electron chi connectivity index (χ4n) is 2.63. The Morgan fingerprint density at radius 2 is 2.00 bits per heavy atom. The normalized spacial score (nSPS) is 21.3. The van der Waals surface area contributed by atoms with Crippen LogP contribution in [0, 0.1) is 0 Å². The molecule has 4 heteroatoms. The second kappa shape index (κ2) is 4.84. The van der Waals surface area contributed by atoms with Crippen LogP contribution in [0.3, 0.4) is 0 Å². The van der Waals surface area contributed by atoms with Crippen LogP contribution in [-0.2, 0) is 6.42 Å². The zero-order valence-electron chi connectivity index (χ0n) is 11.1. The van der Waals surface area contributed by atoms with Crippen molar-refractivity contribution in [1.29, 1.82) is 0 Å². The van der Waals surface area contributed by atoms with E-state index in [1.807, 2.05) is 6.20 Å². The minimum Gasteiger partial charge on any atom is -0.369 e. The van der Waals surface area contributed by atoms with E-state index in [2.05, 4.69) is 16.8 Å². The fourth-order valence-corrected chi connectivity index (χ4v) is 2.63. The summed E-state index contributed by atoms with van der Waals surface area (Å²) in [4.78, 5) is 11.7. The number of nitrogens with two attached hydrogens (primary N) is 1. The zero-order valence-corrected chi connectivity index (χ0v) is 11.1. The summed E-state index contributed by atoms with van der Waals surface area (Å²) in [7, 11) is 0. The van der Waals surface area contributed by atoms with Gasteiger partial charge in [-0.15, -0.1) is 0 Å². The summed E-state index contributed by atoms with van der Waals surface area (Å²) < 4.78 is 0. The predicted octanol–water partition coefficient (Wildman–Crippen LogP) is 1.84. The third kappa shape index (κ3) is 2.34. The van der Waals surface area contributed by atoms with Gasteiger partial charge < -0.3 is 10.6 Å². The Hall–Kier alpha value is -1.16. The largest absolute Gasteiger partial charge is 0.369 e. The summed E-state index contributed by atoms with van der Waals surface area (Å²) in [6.45, 7) is 4.26. The first-order chi connectivity index (χ1) is 8.78. The van der Waals surface area contributed by atoms with E-state index < -0.39 is 0 Å².